The highest BCUT2D eigenvalue weighted by Gasteiger charge is 1.99. The predicted molar refractivity (Wildman–Crippen MR) is 79.8 cm³/mol. The second-order valence-electron chi connectivity index (χ2n) is 4.78. The van der Waals surface area contributed by atoms with Crippen LogP contribution in [-0.4, -0.2) is 30.7 Å². The lowest BCUT2D eigenvalue weighted by molar-refractivity contribution is 0.317. The third kappa shape index (κ3) is 8.26. The van der Waals surface area contributed by atoms with Gasteiger partial charge in [-0.2, -0.15) is 0 Å². The van der Waals surface area contributed by atoms with E-state index in [1.165, 1.54) is 43.4 Å². The molecule has 1 rings (SSSR count). The molecule has 0 bridgehead atoms. The van der Waals surface area contributed by atoms with E-state index in [1.807, 2.05) is 0 Å². The largest absolute Gasteiger partial charge is 0.400 e. The smallest absolute Gasteiger partial charge is 0.0319 e. The Hall–Kier alpha value is -0.860. The van der Waals surface area contributed by atoms with Gasteiger partial charge in [-0.25, -0.2) is 0 Å². The highest BCUT2D eigenvalue weighted by atomic mass is 16.2. The quantitative estimate of drug-likeness (QED) is 0.748. The lowest BCUT2D eigenvalue weighted by atomic mass is 10.1. The Morgan fingerprint density at radius 3 is 2.17 bits per heavy atom. The summed E-state index contributed by atoms with van der Waals surface area (Å²) < 4.78 is 0. The van der Waals surface area contributed by atoms with Crippen molar-refractivity contribution in [1.82, 2.24) is 4.90 Å². The van der Waals surface area contributed by atoms with Crippen molar-refractivity contribution >= 4 is 0 Å². The summed E-state index contributed by atoms with van der Waals surface area (Å²) in [5.41, 5.74) is 2.76. The molecule has 0 fully saturated rings. The van der Waals surface area contributed by atoms with Gasteiger partial charge in [-0.05, 0) is 32.5 Å². The average Bonchev–Trinajstić information content (AvgIpc) is 2.40. The molecule has 0 atom stereocenters. The van der Waals surface area contributed by atoms with Crippen molar-refractivity contribution in [2.75, 3.05) is 20.7 Å². The fourth-order valence-electron chi connectivity index (χ4n) is 1.89. The van der Waals surface area contributed by atoms with Gasteiger partial charge in [0.2, 0.25) is 0 Å². The van der Waals surface area contributed by atoms with E-state index in [0.29, 0.717) is 0 Å². The zero-order valence-corrected chi connectivity index (χ0v) is 12.4. The Morgan fingerprint density at radius 2 is 1.61 bits per heavy atom. The summed E-state index contributed by atoms with van der Waals surface area (Å²) in [7, 11) is 3.21. The van der Waals surface area contributed by atoms with E-state index in [-0.39, 0.29) is 0 Å². The Balaban J connectivity index is 0.00000137. The molecule has 18 heavy (non-hydrogen) atoms. The summed E-state index contributed by atoms with van der Waals surface area (Å²) in [6.45, 7) is 6.69. The molecule has 0 amide bonds. The van der Waals surface area contributed by atoms with Crippen LogP contribution >= 0.6 is 0 Å². The maximum Gasteiger partial charge on any atom is 0.0319 e. The van der Waals surface area contributed by atoms with Crippen LogP contribution < -0.4 is 0 Å². The number of hydrogen-bond donors (Lipinski definition) is 1. The van der Waals surface area contributed by atoms with Crippen LogP contribution in [0.25, 0.3) is 0 Å². The number of rotatable bonds is 7. The standard InChI is InChI=1S/C15H25N.CH4O/c1-4-5-6-7-12-16(3)13-15-10-8-14(2)9-11-15;1-2/h8-11H,4-7,12-13H2,1-3H3;2H,1H3. The topological polar surface area (TPSA) is 23.5 Å². The van der Waals surface area contributed by atoms with E-state index in [4.69, 9.17) is 5.11 Å². The molecule has 0 saturated heterocycles. The SMILES string of the molecule is CCCCCCN(C)Cc1ccc(C)cc1.CO. The average molecular weight is 251 g/mol. The number of aliphatic hydroxyl groups excluding tert-OH is 1. The first-order chi connectivity index (χ1) is 8.72. The molecule has 0 unspecified atom stereocenters. The van der Waals surface area contributed by atoms with E-state index < -0.39 is 0 Å². The van der Waals surface area contributed by atoms with E-state index in [1.54, 1.807) is 0 Å². The van der Waals surface area contributed by atoms with Crippen molar-refractivity contribution < 1.29 is 5.11 Å². The van der Waals surface area contributed by atoms with Crippen molar-refractivity contribution in [3.63, 3.8) is 0 Å². The van der Waals surface area contributed by atoms with Gasteiger partial charge in [-0.3, -0.25) is 0 Å². The van der Waals surface area contributed by atoms with Gasteiger partial charge >= 0.3 is 0 Å². The number of hydrogen-bond acceptors (Lipinski definition) is 2. The first-order valence-electron chi connectivity index (χ1n) is 6.91. The summed E-state index contributed by atoms with van der Waals surface area (Å²) in [5, 5.41) is 7.00. The summed E-state index contributed by atoms with van der Waals surface area (Å²) >= 11 is 0. The van der Waals surface area contributed by atoms with Gasteiger partial charge in [0.15, 0.2) is 0 Å². The second-order valence-corrected chi connectivity index (χ2v) is 4.78. The normalized spacial score (nSPS) is 10.1. The van der Waals surface area contributed by atoms with Crippen molar-refractivity contribution in [1.29, 1.82) is 0 Å². The maximum atomic E-state index is 7.00. The molecule has 2 heteroatoms. The fraction of sp³-hybridized carbons (Fsp3) is 0.625. The van der Waals surface area contributed by atoms with Gasteiger partial charge < -0.3 is 10.0 Å². The molecule has 0 saturated carbocycles. The van der Waals surface area contributed by atoms with Crippen LogP contribution in [0.15, 0.2) is 24.3 Å². The molecule has 0 heterocycles. The minimum Gasteiger partial charge on any atom is -0.400 e. The number of aryl methyl sites for hydroxylation is 1. The second kappa shape index (κ2) is 11.2. The maximum absolute atomic E-state index is 7.00. The summed E-state index contributed by atoms with van der Waals surface area (Å²) in [6.07, 6.45) is 5.39. The summed E-state index contributed by atoms with van der Waals surface area (Å²) in [5.74, 6) is 0. The van der Waals surface area contributed by atoms with E-state index in [2.05, 4.69) is 50.1 Å². The van der Waals surface area contributed by atoms with Crippen molar-refractivity contribution in [3.8, 4) is 0 Å². The molecule has 1 aromatic carbocycles. The van der Waals surface area contributed by atoms with Crippen LogP contribution in [0.5, 0.6) is 0 Å². The molecule has 0 spiro atoms. The Bertz CT molecular complexity index is 282. The number of benzene rings is 1. The monoisotopic (exact) mass is 251 g/mol. The number of nitrogens with zero attached hydrogens (tertiary/aromatic N) is 1. The summed E-state index contributed by atoms with van der Waals surface area (Å²) in [4.78, 5) is 2.42. The van der Waals surface area contributed by atoms with Gasteiger partial charge in [0.25, 0.3) is 0 Å². The molecule has 0 aliphatic heterocycles. The molecule has 0 radical (unpaired) electrons. The van der Waals surface area contributed by atoms with E-state index in [0.717, 1.165) is 13.7 Å². The third-order valence-corrected chi connectivity index (χ3v) is 2.97. The zero-order chi connectivity index (χ0) is 13.8. The molecule has 2 nitrogen and oxygen atoms in total. The van der Waals surface area contributed by atoms with Crippen molar-refractivity contribution in [2.45, 2.75) is 46.1 Å². The fourth-order valence-corrected chi connectivity index (χ4v) is 1.89. The van der Waals surface area contributed by atoms with Gasteiger partial charge in [0, 0.05) is 13.7 Å². The molecule has 1 aromatic rings. The molecule has 0 aliphatic rings. The van der Waals surface area contributed by atoms with Crippen LogP contribution in [0, 0.1) is 6.92 Å². The summed E-state index contributed by atoms with van der Waals surface area (Å²) in [6, 6.07) is 8.86. The minimum absolute atomic E-state index is 1.00. The zero-order valence-electron chi connectivity index (χ0n) is 12.4. The molecule has 104 valence electrons. The van der Waals surface area contributed by atoms with Crippen LogP contribution in [-0.2, 0) is 6.54 Å². The molecular weight excluding hydrogens is 222 g/mol. The van der Waals surface area contributed by atoms with Gasteiger partial charge in [-0.1, -0.05) is 56.0 Å². The van der Waals surface area contributed by atoms with Crippen LogP contribution in [0.1, 0.15) is 43.7 Å². The molecular formula is C16H29NO. The molecule has 0 aliphatic carbocycles. The van der Waals surface area contributed by atoms with Gasteiger partial charge in [-0.15, -0.1) is 0 Å². The van der Waals surface area contributed by atoms with Crippen molar-refractivity contribution in [3.05, 3.63) is 35.4 Å². The lowest BCUT2D eigenvalue weighted by Gasteiger charge is -2.16. The highest BCUT2D eigenvalue weighted by molar-refractivity contribution is 5.21. The predicted octanol–water partition coefficient (Wildman–Crippen LogP) is 3.62. The third-order valence-electron chi connectivity index (χ3n) is 2.97. The lowest BCUT2D eigenvalue weighted by Crippen LogP contribution is -2.18. The molecule has 0 aromatic heterocycles. The first-order valence-corrected chi connectivity index (χ1v) is 6.91. The van der Waals surface area contributed by atoms with Crippen LogP contribution in [0.2, 0.25) is 0 Å². The van der Waals surface area contributed by atoms with Gasteiger partial charge in [0.1, 0.15) is 0 Å². The van der Waals surface area contributed by atoms with Gasteiger partial charge in [0.05, 0.1) is 0 Å². The van der Waals surface area contributed by atoms with Crippen LogP contribution in [0.3, 0.4) is 0 Å². The minimum atomic E-state index is 1.00. The first kappa shape index (κ1) is 17.1. The van der Waals surface area contributed by atoms with Crippen molar-refractivity contribution in [2.24, 2.45) is 0 Å². The van der Waals surface area contributed by atoms with Crippen LogP contribution in [0.4, 0.5) is 0 Å². The Kier molecular flexibility index (Phi) is 10.7. The number of unbranched alkanes of at least 4 members (excludes halogenated alkanes) is 3. The number of aliphatic hydroxyl groups is 1. The Morgan fingerprint density at radius 1 is 1.00 bits per heavy atom. The van der Waals surface area contributed by atoms with E-state index in [9.17, 15) is 0 Å². The van der Waals surface area contributed by atoms with E-state index >= 15 is 0 Å². The molecule has 1 N–H and O–H groups in total. The highest BCUT2D eigenvalue weighted by Crippen LogP contribution is 2.07. The Labute approximate surface area is 113 Å².